The van der Waals surface area contributed by atoms with E-state index in [0.717, 1.165) is 34.6 Å². The molecular formula is C26H26F5N6O4-. The third-order valence-corrected chi connectivity index (χ3v) is 7.26. The van der Waals surface area contributed by atoms with Gasteiger partial charge in [0, 0.05) is 36.8 Å². The number of likely N-dealkylation sites (tertiary alicyclic amines) is 1. The third-order valence-electron chi connectivity index (χ3n) is 7.26. The Morgan fingerprint density at radius 2 is 1.98 bits per heavy atom. The number of hydrogen-bond donors (Lipinski definition) is 2. The molecule has 1 fully saturated rings. The predicted molar refractivity (Wildman–Crippen MR) is 138 cm³/mol. The summed E-state index contributed by atoms with van der Waals surface area (Å²) in [5.74, 6) is -0.556. The lowest BCUT2D eigenvalue weighted by Gasteiger charge is -2.30. The molecule has 2 aromatic heterocycles. The summed E-state index contributed by atoms with van der Waals surface area (Å²) in [5.41, 5.74) is 2.08. The van der Waals surface area contributed by atoms with E-state index in [1.807, 2.05) is 12.1 Å². The molecule has 2 aliphatic heterocycles. The fourth-order valence-corrected chi connectivity index (χ4v) is 5.29. The highest BCUT2D eigenvalue weighted by molar-refractivity contribution is 6.00. The highest BCUT2D eigenvalue weighted by Gasteiger charge is 2.32. The van der Waals surface area contributed by atoms with Crippen LogP contribution in [0.15, 0.2) is 36.5 Å². The Morgan fingerprint density at radius 3 is 2.61 bits per heavy atom. The SMILES string of the molecule is O=C(c1ccc(OC(F)(F)F)cc1N([O-])O)N1CC=C(c2ccnc3nc(C4CCN(CC(F)F)CC4)[nH]c23)CC1. The second kappa shape index (κ2) is 11.6. The Labute approximate surface area is 230 Å². The van der Waals surface area contributed by atoms with Crippen LogP contribution in [0.2, 0.25) is 0 Å². The molecule has 1 saturated heterocycles. The summed E-state index contributed by atoms with van der Waals surface area (Å²) in [6.07, 6.45) is -2.10. The van der Waals surface area contributed by atoms with Crippen LogP contribution in [0.5, 0.6) is 5.75 Å². The number of imidazole rings is 1. The van der Waals surface area contributed by atoms with Gasteiger partial charge in [0.05, 0.1) is 23.3 Å². The number of carbonyl (C=O) groups excluding carboxylic acids is 1. The number of anilines is 1. The summed E-state index contributed by atoms with van der Waals surface area (Å²) in [5, 5.41) is 20.4. The van der Waals surface area contributed by atoms with Crippen LogP contribution in [0.4, 0.5) is 27.6 Å². The van der Waals surface area contributed by atoms with Crippen molar-refractivity contribution >= 4 is 28.3 Å². The maximum Gasteiger partial charge on any atom is 0.573 e. The lowest BCUT2D eigenvalue weighted by molar-refractivity contribution is -0.274. The number of halogens is 5. The van der Waals surface area contributed by atoms with Gasteiger partial charge in [0.2, 0.25) is 0 Å². The monoisotopic (exact) mass is 581 g/mol. The zero-order valence-electron chi connectivity index (χ0n) is 21.6. The van der Waals surface area contributed by atoms with Crippen molar-refractivity contribution in [2.75, 3.05) is 38.0 Å². The summed E-state index contributed by atoms with van der Waals surface area (Å²) >= 11 is 0. The minimum Gasteiger partial charge on any atom is -0.733 e. The van der Waals surface area contributed by atoms with Crippen LogP contribution in [-0.4, -0.2) is 81.4 Å². The van der Waals surface area contributed by atoms with Crippen molar-refractivity contribution in [1.29, 1.82) is 0 Å². The van der Waals surface area contributed by atoms with E-state index in [1.165, 1.54) is 4.90 Å². The molecule has 0 aliphatic carbocycles. The van der Waals surface area contributed by atoms with Gasteiger partial charge in [0.15, 0.2) is 5.65 Å². The molecule has 2 N–H and O–H groups in total. The van der Waals surface area contributed by atoms with Crippen LogP contribution in [0.25, 0.3) is 16.7 Å². The van der Waals surface area contributed by atoms with Gasteiger partial charge in [-0.3, -0.25) is 14.9 Å². The number of aromatic amines is 1. The summed E-state index contributed by atoms with van der Waals surface area (Å²) in [6.45, 7) is 1.26. The summed E-state index contributed by atoms with van der Waals surface area (Å²) in [7, 11) is 0. The van der Waals surface area contributed by atoms with Crippen molar-refractivity contribution in [2.24, 2.45) is 0 Å². The average molecular weight is 582 g/mol. The molecular weight excluding hydrogens is 555 g/mol. The van der Waals surface area contributed by atoms with Gasteiger partial charge < -0.3 is 25.1 Å². The van der Waals surface area contributed by atoms with Gasteiger partial charge >= 0.3 is 6.36 Å². The second-order valence-corrected chi connectivity index (χ2v) is 9.88. The smallest absolute Gasteiger partial charge is 0.573 e. The molecule has 0 spiro atoms. The van der Waals surface area contributed by atoms with Crippen LogP contribution in [0.1, 0.15) is 46.9 Å². The molecule has 3 aromatic rings. The molecule has 41 heavy (non-hydrogen) atoms. The van der Waals surface area contributed by atoms with E-state index in [9.17, 15) is 37.2 Å². The van der Waals surface area contributed by atoms with Crippen molar-refractivity contribution in [3.05, 3.63) is 58.7 Å². The van der Waals surface area contributed by atoms with Gasteiger partial charge in [0.1, 0.15) is 11.6 Å². The van der Waals surface area contributed by atoms with E-state index in [0.29, 0.717) is 44.1 Å². The largest absolute Gasteiger partial charge is 0.733 e. The maximum absolute atomic E-state index is 13.1. The third kappa shape index (κ3) is 6.57. The number of piperidine rings is 1. The number of pyridine rings is 1. The van der Waals surface area contributed by atoms with Crippen molar-refractivity contribution in [1.82, 2.24) is 24.8 Å². The molecule has 0 saturated carbocycles. The number of benzene rings is 1. The van der Waals surface area contributed by atoms with E-state index in [4.69, 9.17) is 0 Å². The lowest BCUT2D eigenvalue weighted by atomic mass is 9.96. The van der Waals surface area contributed by atoms with Crippen LogP contribution in [0, 0.1) is 5.21 Å². The van der Waals surface area contributed by atoms with Crippen molar-refractivity contribution < 1.29 is 36.7 Å². The van der Waals surface area contributed by atoms with E-state index in [2.05, 4.69) is 19.7 Å². The lowest BCUT2D eigenvalue weighted by Crippen LogP contribution is -2.36. The highest BCUT2D eigenvalue weighted by Crippen LogP contribution is 2.33. The summed E-state index contributed by atoms with van der Waals surface area (Å²) < 4.78 is 66.9. The molecule has 2 aliphatic rings. The van der Waals surface area contributed by atoms with Gasteiger partial charge in [-0.05, 0) is 56.1 Å². The first-order valence-corrected chi connectivity index (χ1v) is 12.9. The quantitative estimate of drug-likeness (QED) is 0.298. The molecule has 10 nitrogen and oxygen atoms in total. The molecule has 0 radical (unpaired) electrons. The maximum atomic E-state index is 13.1. The van der Waals surface area contributed by atoms with Gasteiger partial charge in [-0.1, -0.05) is 6.08 Å². The van der Waals surface area contributed by atoms with Gasteiger partial charge in [-0.2, -0.15) is 0 Å². The number of carbonyl (C=O) groups is 1. The topological polar surface area (TPSA) is 121 Å². The highest BCUT2D eigenvalue weighted by atomic mass is 19.4. The van der Waals surface area contributed by atoms with Gasteiger partial charge in [-0.25, -0.2) is 18.7 Å². The number of hydrogen-bond acceptors (Lipinski definition) is 8. The predicted octanol–water partition coefficient (Wildman–Crippen LogP) is 4.92. The van der Waals surface area contributed by atoms with E-state index >= 15 is 0 Å². The van der Waals surface area contributed by atoms with Crippen molar-refractivity contribution in [3.63, 3.8) is 0 Å². The number of aromatic nitrogens is 3. The Bertz CT molecular complexity index is 1440. The van der Waals surface area contributed by atoms with Gasteiger partial charge in [-0.15, -0.1) is 13.2 Å². The van der Waals surface area contributed by atoms with E-state index in [1.54, 1.807) is 11.1 Å². The fraction of sp³-hybridized carbons (Fsp3) is 0.423. The molecule has 0 atom stereocenters. The summed E-state index contributed by atoms with van der Waals surface area (Å²) in [4.78, 5) is 28.7. The number of nitrogens with zero attached hydrogens (tertiary/aromatic N) is 5. The van der Waals surface area contributed by atoms with Crippen LogP contribution >= 0.6 is 0 Å². The van der Waals surface area contributed by atoms with E-state index < -0.39 is 35.4 Å². The molecule has 220 valence electrons. The van der Waals surface area contributed by atoms with E-state index in [-0.39, 0.29) is 31.1 Å². The number of H-pyrrole nitrogens is 1. The standard InChI is InChI=1S/C26H26F5N6O4/c27-21(28)14-35-9-4-16(5-10-35)23-33-22-18(3-8-32-24(22)34-23)15-6-11-36(12-7-15)25(38)19-2-1-17(41-26(29,30)31)13-20(19)37(39)40/h1-3,6,8,13,16,21,39H,4-5,7,9-12,14H2,(H,32,33,34)/q-1. The molecule has 1 aromatic carbocycles. The first kappa shape index (κ1) is 28.7. The Balaban J connectivity index is 1.31. The molecule has 0 unspecified atom stereocenters. The van der Waals surface area contributed by atoms with Gasteiger partial charge in [0.25, 0.3) is 12.3 Å². The van der Waals surface area contributed by atoms with Crippen molar-refractivity contribution in [3.8, 4) is 5.75 Å². The number of nitrogens with one attached hydrogen (secondary N) is 1. The minimum atomic E-state index is -5.01. The number of rotatable bonds is 7. The number of alkyl halides is 5. The average Bonchev–Trinajstić information content (AvgIpc) is 3.36. The Morgan fingerprint density at radius 1 is 1.22 bits per heavy atom. The molecule has 0 bridgehead atoms. The van der Waals surface area contributed by atoms with Crippen LogP contribution in [0.3, 0.4) is 0 Å². The molecule has 15 heteroatoms. The fourth-order valence-electron chi connectivity index (χ4n) is 5.29. The Hall–Kier alpha value is -3.82. The zero-order chi connectivity index (χ0) is 29.3. The first-order valence-electron chi connectivity index (χ1n) is 12.9. The zero-order valence-corrected chi connectivity index (χ0v) is 21.6. The molecule has 1 amide bonds. The summed E-state index contributed by atoms with van der Waals surface area (Å²) in [6, 6.07) is 4.36. The van der Waals surface area contributed by atoms with Crippen molar-refractivity contribution in [2.45, 2.75) is 38.0 Å². The Kier molecular flexibility index (Phi) is 8.11. The minimum absolute atomic E-state index is 0.0913. The number of ether oxygens (including phenoxy) is 1. The first-order chi connectivity index (χ1) is 19.5. The second-order valence-electron chi connectivity index (χ2n) is 9.88. The normalized spacial score (nSPS) is 17.3. The number of fused-ring (bicyclic) bond motifs is 1. The molecule has 4 heterocycles. The van der Waals surface area contributed by atoms with Crippen LogP contribution in [-0.2, 0) is 0 Å². The molecule has 5 rings (SSSR count). The van der Waals surface area contributed by atoms with Crippen LogP contribution < -0.4 is 9.96 Å². The number of amides is 1.